The molecule has 5 heteroatoms. The summed E-state index contributed by atoms with van der Waals surface area (Å²) in [5, 5.41) is 0. The van der Waals surface area contributed by atoms with Crippen molar-refractivity contribution in [1.82, 2.24) is 4.90 Å². The first-order valence-corrected chi connectivity index (χ1v) is 6.87. The third-order valence-electron chi connectivity index (χ3n) is 2.99. The van der Waals surface area contributed by atoms with Gasteiger partial charge in [-0.1, -0.05) is 23.2 Å². The van der Waals surface area contributed by atoms with Gasteiger partial charge in [-0.2, -0.15) is 0 Å². The lowest BCUT2D eigenvalue weighted by Gasteiger charge is -2.19. The molecule has 0 spiro atoms. The van der Waals surface area contributed by atoms with Gasteiger partial charge >= 0.3 is 0 Å². The molecule has 88 valence electrons. The maximum Gasteiger partial charge on any atom is 0.179 e. The van der Waals surface area contributed by atoms with Crippen molar-refractivity contribution in [2.24, 2.45) is 0 Å². The van der Waals surface area contributed by atoms with E-state index in [0.717, 1.165) is 6.54 Å². The van der Waals surface area contributed by atoms with E-state index in [1.807, 2.05) is 0 Å². The highest BCUT2D eigenvalue weighted by Gasteiger charge is 2.24. The molecule has 1 aliphatic rings. The van der Waals surface area contributed by atoms with Crippen LogP contribution in [0.3, 0.4) is 0 Å². The van der Waals surface area contributed by atoms with Gasteiger partial charge in [0.05, 0.1) is 16.4 Å². The number of hydrogen-bond donors (Lipinski definition) is 0. The maximum absolute atomic E-state index is 12.0. The van der Waals surface area contributed by atoms with Gasteiger partial charge in [0.2, 0.25) is 0 Å². The molecule has 1 aromatic rings. The van der Waals surface area contributed by atoms with Crippen molar-refractivity contribution in [2.75, 3.05) is 13.1 Å². The quantitative estimate of drug-likeness (QED) is 0.785. The first-order chi connectivity index (χ1) is 7.58. The van der Waals surface area contributed by atoms with Crippen LogP contribution in [0.2, 0.25) is 8.67 Å². The number of rotatable bonds is 3. The molecule has 16 heavy (non-hydrogen) atoms. The summed E-state index contributed by atoms with van der Waals surface area (Å²) in [6.45, 7) is 3.61. The van der Waals surface area contributed by atoms with Gasteiger partial charge in [-0.3, -0.25) is 9.69 Å². The molecule has 2 heterocycles. The molecule has 1 aromatic heterocycles. The average Bonchev–Trinajstić information content (AvgIpc) is 2.74. The molecule has 1 atom stereocenters. The van der Waals surface area contributed by atoms with E-state index >= 15 is 0 Å². The van der Waals surface area contributed by atoms with E-state index in [1.54, 1.807) is 6.07 Å². The molecular formula is C11H13Cl2NOS. The van der Waals surface area contributed by atoms with E-state index in [1.165, 1.54) is 24.2 Å². The molecule has 1 aliphatic heterocycles. The second kappa shape index (κ2) is 5.05. The van der Waals surface area contributed by atoms with Crippen LogP contribution in [0.1, 0.15) is 30.1 Å². The molecular weight excluding hydrogens is 265 g/mol. The van der Waals surface area contributed by atoms with E-state index in [0.29, 0.717) is 26.8 Å². The second-order valence-electron chi connectivity index (χ2n) is 4.12. The van der Waals surface area contributed by atoms with Crippen molar-refractivity contribution in [1.29, 1.82) is 0 Å². The lowest BCUT2D eigenvalue weighted by molar-refractivity contribution is 0.0927. The van der Waals surface area contributed by atoms with Gasteiger partial charge in [-0.05, 0) is 32.4 Å². The molecule has 0 aromatic carbocycles. The van der Waals surface area contributed by atoms with Gasteiger partial charge in [0, 0.05) is 6.04 Å². The number of hydrogen-bond acceptors (Lipinski definition) is 3. The Bertz CT molecular complexity index is 405. The van der Waals surface area contributed by atoms with Crippen LogP contribution >= 0.6 is 34.5 Å². The number of thiophene rings is 1. The fourth-order valence-corrected chi connectivity index (χ4v) is 3.53. The predicted octanol–water partition coefficient (Wildman–Crippen LogP) is 3.72. The minimum Gasteiger partial charge on any atom is -0.293 e. The molecule has 1 saturated heterocycles. The van der Waals surface area contributed by atoms with E-state index in [4.69, 9.17) is 23.2 Å². The van der Waals surface area contributed by atoms with Gasteiger partial charge in [0.25, 0.3) is 0 Å². The predicted molar refractivity (Wildman–Crippen MR) is 68.9 cm³/mol. The molecule has 0 saturated carbocycles. The van der Waals surface area contributed by atoms with Gasteiger partial charge in [0.1, 0.15) is 4.34 Å². The first kappa shape index (κ1) is 12.4. The zero-order valence-electron chi connectivity index (χ0n) is 9.00. The second-order valence-corrected chi connectivity index (χ2v) is 6.41. The Morgan fingerprint density at radius 2 is 2.38 bits per heavy atom. The summed E-state index contributed by atoms with van der Waals surface area (Å²) in [7, 11) is 0. The molecule has 0 radical (unpaired) electrons. The third-order valence-corrected chi connectivity index (χ3v) is 4.48. The average molecular weight is 278 g/mol. The van der Waals surface area contributed by atoms with Crippen LogP contribution in [0.25, 0.3) is 0 Å². The van der Waals surface area contributed by atoms with Crippen molar-refractivity contribution in [3.8, 4) is 0 Å². The summed E-state index contributed by atoms with van der Waals surface area (Å²) in [6.07, 6.45) is 2.35. The number of Topliss-reactive ketones (excluding diaryl/α,β-unsaturated/α-hetero) is 1. The van der Waals surface area contributed by atoms with E-state index in [2.05, 4.69) is 11.8 Å². The van der Waals surface area contributed by atoms with E-state index < -0.39 is 0 Å². The van der Waals surface area contributed by atoms with Gasteiger partial charge in [0.15, 0.2) is 5.78 Å². The van der Waals surface area contributed by atoms with Crippen molar-refractivity contribution in [3.63, 3.8) is 0 Å². The number of halogens is 2. The fraction of sp³-hybridized carbons (Fsp3) is 0.545. The van der Waals surface area contributed by atoms with Crippen molar-refractivity contribution in [2.45, 2.75) is 25.8 Å². The number of ketones is 1. The molecule has 2 nitrogen and oxygen atoms in total. The largest absolute Gasteiger partial charge is 0.293 e. The number of carbonyl (C=O) groups excluding carboxylic acids is 1. The normalized spacial score (nSPS) is 21.6. The fourth-order valence-electron chi connectivity index (χ4n) is 2.03. The minimum absolute atomic E-state index is 0.0712. The van der Waals surface area contributed by atoms with Crippen molar-refractivity contribution in [3.05, 3.63) is 20.3 Å². The SMILES string of the molecule is CC1CCCN1CC(=O)c1cc(Cl)sc1Cl. The molecule has 0 N–H and O–H groups in total. The summed E-state index contributed by atoms with van der Waals surface area (Å²) >= 11 is 13.0. The summed E-state index contributed by atoms with van der Waals surface area (Å²) in [5.41, 5.74) is 0.566. The number of likely N-dealkylation sites (tertiary alicyclic amines) is 1. The Kier molecular flexibility index (Phi) is 3.90. The van der Waals surface area contributed by atoms with Crippen LogP contribution in [0.4, 0.5) is 0 Å². The van der Waals surface area contributed by atoms with Crippen LogP contribution in [0.15, 0.2) is 6.07 Å². The molecule has 0 bridgehead atoms. The monoisotopic (exact) mass is 277 g/mol. The smallest absolute Gasteiger partial charge is 0.179 e. The van der Waals surface area contributed by atoms with Crippen LogP contribution < -0.4 is 0 Å². The van der Waals surface area contributed by atoms with Crippen LogP contribution in [0.5, 0.6) is 0 Å². The summed E-state index contributed by atoms with van der Waals surface area (Å²) in [4.78, 5) is 14.2. The highest BCUT2D eigenvalue weighted by Crippen LogP contribution is 2.31. The first-order valence-electron chi connectivity index (χ1n) is 5.30. The van der Waals surface area contributed by atoms with Crippen LogP contribution in [-0.2, 0) is 0 Å². The van der Waals surface area contributed by atoms with Crippen molar-refractivity contribution < 1.29 is 4.79 Å². The minimum atomic E-state index is 0.0712. The Labute approximate surface area is 109 Å². The Morgan fingerprint density at radius 3 is 2.88 bits per heavy atom. The highest BCUT2D eigenvalue weighted by atomic mass is 35.5. The topological polar surface area (TPSA) is 20.3 Å². The molecule has 2 rings (SSSR count). The van der Waals surface area contributed by atoms with Crippen LogP contribution in [0, 0.1) is 0 Å². The zero-order chi connectivity index (χ0) is 11.7. The lowest BCUT2D eigenvalue weighted by atomic mass is 10.2. The molecule has 0 amide bonds. The number of nitrogens with zero attached hydrogens (tertiary/aromatic N) is 1. The van der Waals surface area contributed by atoms with Crippen LogP contribution in [-0.4, -0.2) is 29.8 Å². The highest BCUT2D eigenvalue weighted by molar-refractivity contribution is 7.20. The molecule has 0 aliphatic carbocycles. The Balaban J connectivity index is 2.05. The summed E-state index contributed by atoms with van der Waals surface area (Å²) < 4.78 is 1.07. The summed E-state index contributed by atoms with van der Waals surface area (Å²) in [5.74, 6) is 0.0712. The van der Waals surface area contributed by atoms with Crippen molar-refractivity contribution >= 4 is 40.3 Å². The van der Waals surface area contributed by atoms with E-state index in [9.17, 15) is 4.79 Å². The van der Waals surface area contributed by atoms with Gasteiger partial charge in [-0.25, -0.2) is 0 Å². The van der Waals surface area contributed by atoms with Gasteiger partial charge < -0.3 is 0 Å². The standard InChI is InChI=1S/C11H13Cl2NOS/c1-7-3-2-4-14(7)6-9(15)8-5-10(12)16-11(8)13/h5,7H,2-4,6H2,1H3. The Morgan fingerprint density at radius 1 is 1.62 bits per heavy atom. The van der Waals surface area contributed by atoms with E-state index in [-0.39, 0.29) is 5.78 Å². The maximum atomic E-state index is 12.0. The van der Waals surface area contributed by atoms with Gasteiger partial charge in [-0.15, -0.1) is 11.3 Å². The Hall–Kier alpha value is -0.0900. The third kappa shape index (κ3) is 2.59. The zero-order valence-corrected chi connectivity index (χ0v) is 11.3. The molecule has 1 unspecified atom stereocenters. The lowest BCUT2D eigenvalue weighted by Crippen LogP contribution is -2.32. The number of carbonyl (C=O) groups is 1. The summed E-state index contributed by atoms with van der Waals surface area (Å²) in [6, 6.07) is 2.16. The molecule has 1 fully saturated rings.